The number of phenols is 1. The highest BCUT2D eigenvalue weighted by atomic mass is 79.9. The molecule has 0 bridgehead atoms. The fraction of sp³-hybridized carbons (Fsp3) is 0.462. The highest BCUT2D eigenvalue weighted by Crippen LogP contribution is 2.32. The zero-order valence-corrected chi connectivity index (χ0v) is 11.2. The third kappa shape index (κ3) is 2.63. The number of halogens is 1. The summed E-state index contributed by atoms with van der Waals surface area (Å²) in [5.41, 5.74) is 0.207. The number of amides is 1. The van der Waals surface area contributed by atoms with Gasteiger partial charge in [0.2, 0.25) is 0 Å². The maximum atomic E-state index is 12.1. The number of aromatic hydroxyl groups is 1. The second kappa shape index (κ2) is 5.08. The standard InChI is InChI=1S/C13H16BrNO2/c14-9-13(7-3-4-8-13)15-12(17)10-5-1-2-6-11(10)16/h1-2,5-6,16H,3-4,7-9H2,(H,15,17). The van der Waals surface area contributed by atoms with Gasteiger partial charge < -0.3 is 10.4 Å². The van der Waals surface area contributed by atoms with Crippen LogP contribution in [0.15, 0.2) is 24.3 Å². The van der Waals surface area contributed by atoms with Gasteiger partial charge in [0, 0.05) is 5.33 Å². The molecule has 0 spiro atoms. The summed E-state index contributed by atoms with van der Waals surface area (Å²) >= 11 is 3.48. The molecule has 0 aromatic heterocycles. The molecule has 2 rings (SSSR count). The predicted molar refractivity (Wildman–Crippen MR) is 70.6 cm³/mol. The molecule has 92 valence electrons. The van der Waals surface area contributed by atoms with Crippen molar-refractivity contribution >= 4 is 21.8 Å². The quantitative estimate of drug-likeness (QED) is 0.843. The minimum atomic E-state index is -0.190. The lowest BCUT2D eigenvalue weighted by Crippen LogP contribution is -2.47. The number of rotatable bonds is 3. The molecule has 4 heteroatoms. The van der Waals surface area contributed by atoms with Gasteiger partial charge in [-0.1, -0.05) is 40.9 Å². The van der Waals surface area contributed by atoms with Gasteiger partial charge in [-0.05, 0) is 25.0 Å². The van der Waals surface area contributed by atoms with Crippen LogP contribution in [0.1, 0.15) is 36.0 Å². The van der Waals surface area contributed by atoms with E-state index in [1.807, 2.05) is 0 Å². The molecule has 0 heterocycles. The van der Waals surface area contributed by atoms with Crippen molar-refractivity contribution in [2.75, 3.05) is 5.33 Å². The van der Waals surface area contributed by atoms with E-state index >= 15 is 0 Å². The van der Waals surface area contributed by atoms with Crippen molar-refractivity contribution < 1.29 is 9.90 Å². The van der Waals surface area contributed by atoms with Crippen LogP contribution in [-0.4, -0.2) is 21.9 Å². The van der Waals surface area contributed by atoms with E-state index in [9.17, 15) is 9.90 Å². The number of alkyl halides is 1. The lowest BCUT2D eigenvalue weighted by Gasteiger charge is -2.28. The summed E-state index contributed by atoms with van der Waals surface area (Å²) in [6.07, 6.45) is 4.29. The van der Waals surface area contributed by atoms with Crippen molar-refractivity contribution in [3.8, 4) is 5.75 Å². The smallest absolute Gasteiger partial charge is 0.255 e. The molecule has 1 aliphatic carbocycles. The van der Waals surface area contributed by atoms with Gasteiger partial charge in [-0.3, -0.25) is 4.79 Å². The second-order valence-corrected chi connectivity index (χ2v) is 5.15. The summed E-state index contributed by atoms with van der Waals surface area (Å²) in [5.74, 6) is -0.155. The molecule has 0 unspecified atom stereocenters. The van der Waals surface area contributed by atoms with Crippen LogP contribution >= 0.6 is 15.9 Å². The largest absolute Gasteiger partial charge is 0.507 e. The summed E-state index contributed by atoms with van der Waals surface area (Å²) in [5, 5.41) is 13.5. The molecular formula is C13H16BrNO2. The minimum absolute atomic E-state index is 0.0349. The van der Waals surface area contributed by atoms with Crippen molar-refractivity contribution in [2.45, 2.75) is 31.2 Å². The monoisotopic (exact) mass is 297 g/mol. The zero-order chi connectivity index (χ0) is 12.3. The summed E-state index contributed by atoms with van der Waals surface area (Å²) in [6.45, 7) is 0. The Bertz CT molecular complexity index is 414. The molecule has 0 radical (unpaired) electrons. The number of hydrogen-bond donors (Lipinski definition) is 2. The third-order valence-corrected chi connectivity index (χ3v) is 4.42. The fourth-order valence-electron chi connectivity index (χ4n) is 2.32. The molecular weight excluding hydrogens is 282 g/mol. The van der Waals surface area contributed by atoms with Gasteiger partial charge in [-0.2, -0.15) is 0 Å². The van der Waals surface area contributed by atoms with E-state index in [2.05, 4.69) is 21.2 Å². The molecule has 1 aliphatic rings. The van der Waals surface area contributed by atoms with Crippen LogP contribution in [0.25, 0.3) is 0 Å². The molecule has 17 heavy (non-hydrogen) atoms. The number of phenolic OH excluding ortho intramolecular Hbond substituents is 1. The van der Waals surface area contributed by atoms with Crippen LogP contribution < -0.4 is 5.32 Å². The average molecular weight is 298 g/mol. The zero-order valence-electron chi connectivity index (χ0n) is 9.58. The first-order chi connectivity index (χ1) is 8.17. The summed E-state index contributed by atoms with van der Waals surface area (Å²) in [4.78, 5) is 12.1. The Kier molecular flexibility index (Phi) is 3.72. The van der Waals surface area contributed by atoms with E-state index < -0.39 is 0 Å². The van der Waals surface area contributed by atoms with E-state index in [1.165, 1.54) is 6.07 Å². The van der Waals surface area contributed by atoms with Crippen LogP contribution in [0, 0.1) is 0 Å². The Morgan fingerprint density at radius 1 is 1.35 bits per heavy atom. The first-order valence-corrected chi connectivity index (χ1v) is 6.95. The third-order valence-electron chi connectivity index (χ3n) is 3.34. The molecule has 1 aromatic rings. The average Bonchev–Trinajstić information content (AvgIpc) is 2.79. The maximum absolute atomic E-state index is 12.1. The lowest BCUT2D eigenvalue weighted by atomic mass is 10.00. The number of nitrogens with one attached hydrogen (secondary N) is 1. The van der Waals surface area contributed by atoms with Gasteiger partial charge in [0.1, 0.15) is 5.75 Å². The molecule has 3 nitrogen and oxygen atoms in total. The highest BCUT2D eigenvalue weighted by Gasteiger charge is 2.34. The summed E-state index contributed by atoms with van der Waals surface area (Å²) < 4.78 is 0. The Labute approximate surface area is 109 Å². The van der Waals surface area contributed by atoms with E-state index in [1.54, 1.807) is 18.2 Å². The van der Waals surface area contributed by atoms with Gasteiger partial charge in [0.25, 0.3) is 5.91 Å². The van der Waals surface area contributed by atoms with Gasteiger partial charge >= 0.3 is 0 Å². The van der Waals surface area contributed by atoms with Crippen molar-refractivity contribution in [3.63, 3.8) is 0 Å². The SMILES string of the molecule is O=C(NC1(CBr)CCCC1)c1ccccc1O. The van der Waals surface area contributed by atoms with E-state index in [4.69, 9.17) is 0 Å². The van der Waals surface area contributed by atoms with E-state index in [-0.39, 0.29) is 17.2 Å². The van der Waals surface area contributed by atoms with Crippen molar-refractivity contribution in [1.82, 2.24) is 5.32 Å². The van der Waals surface area contributed by atoms with Crippen molar-refractivity contribution in [3.05, 3.63) is 29.8 Å². The maximum Gasteiger partial charge on any atom is 0.255 e. The summed E-state index contributed by atoms with van der Waals surface area (Å²) in [6, 6.07) is 6.64. The van der Waals surface area contributed by atoms with Crippen molar-refractivity contribution in [1.29, 1.82) is 0 Å². The number of carbonyl (C=O) groups is 1. The van der Waals surface area contributed by atoms with Crippen LogP contribution in [0.2, 0.25) is 0 Å². The Balaban J connectivity index is 2.14. The number of para-hydroxylation sites is 1. The molecule has 1 fully saturated rings. The normalized spacial score (nSPS) is 17.9. The number of hydrogen-bond acceptors (Lipinski definition) is 2. The first-order valence-electron chi connectivity index (χ1n) is 5.83. The molecule has 0 atom stereocenters. The molecule has 2 N–H and O–H groups in total. The molecule has 0 aliphatic heterocycles. The molecule has 1 aromatic carbocycles. The van der Waals surface area contributed by atoms with E-state index in [0.717, 1.165) is 31.0 Å². The molecule has 1 amide bonds. The number of carbonyl (C=O) groups excluding carboxylic acids is 1. The van der Waals surface area contributed by atoms with Crippen molar-refractivity contribution in [2.24, 2.45) is 0 Å². The Hall–Kier alpha value is -1.03. The Morgan fingerprint density at radius 2 is 2.00 bits per heavy atom. The predicted octanol–water partition coefficient (Wildman–Crippen LogP) is 2.83. The molecule has 0 saturated heterocycles. The van der Waals surface area contributed by atoms with Crippen LogP contribution in [0.5, 0.6) is 5.75 Å². The minimum Gasteiger partial charge on any atom is -0.507 e. The van der Waals surface area contributed by atoms with E-state index in [0.29, 0.717) is 5.56 Å². The topological polar surface area (TPSA) is 49.3 Å². The van der Waals surface area contributed by atoms with Gasteiger partial charge in [-0.15, -0.1) is 0 Å². The van der Waals surface area contributed by atoms with Crippen LogP contribution in [0.3, 0.4) is 0 Å². The number of benzene rings is 1. The molecule has 1 saturated carbocycles. The van der Waals surface area contributed by atoms with Crippen LogP contribution in [-0.2, 0) is 0 Å². The second-order valence-electron chi connectivity index (χ2n) is 4.59. The lowest BCUT2D eigenvalue weighted by molar-refractivity contribution is 0.0907. The summed E-state index contributed by atoms with van der Waals surface area (Å²) in [7, 11) is 0. The Morgan fingerprint density at radius 3 is 2.59 bits per heavy atom. The van der Waals surface area contributed by atoms with Crippen LogP contribution in [0.4, 0.5) is 0 Å². The van der Waals surface area contributed by atoms with Gasteiger partial charge in [0.15, 0.2) is 0 Å². The van der Waals surface area contributed by atoms with Gasteiger partial charge in [0.05, 0.1) is 11.1 Å². The highest BCUT2D eigenvalue weighted by molar-refractivity contribution is 9.09. The fourth-order valence-corrected chi connectivity index (χ4v) is 3.02. The first kappa shape index (κ1) is 12.4. The van der Waals surface area contributed by atoms with Gasteiger partial charge in [-0.25, -0.2) is 0 Å².